The van der Waals surface area contributed by atoms with Crippen molar-refractivity contribution in [2.45, 2.75) is 6.92 Å². The highest BCUT2D eigenvalue weighted by molar-refractivity contribution is 5.67. The van der Waals surface area contributed by atoms with Gasteiger partial charge < -0.3 is 0 Å². The maximum absolute atomic E-state index is 14.0. The van der Waals surface area contributed by atoms with E-state index in [9.17, 15) is 22.0 Å². The molecule has 0 bridgehead atoms. The summed E-state index contributed by atoms with van der Waals surface area (Å²) in [5.74, 6) is -9.78. The topological polar surface area (TPSA) is 3.88 Å². The van der Waals surface area contributed by atoms with Gasteiger partial charge in [0.1, 0.15) is 7.05 Å². The Morgan fingerprint density at radius 2 is 1.28 bits per heavy atom. The number of rotatable bonds is 2. The SMILES string of the molecule is Cc1ccccc1-c1ccc(-c2c(F)c(F)c(F)c(F)c2F)c[n+]1C. The quantitative estimate of drug-likeness (QED) is 0.269. The van der Waals surface area contributed by atoms with Crippen LogP contribution in [0.3, 0.4) is 0 Å². The Labute approximate surface area is 141 Å². The number of hydrogen-bond donors (Lipinski definition) is 0. The van der Waals surface area contributed by atoms with Gasteiger partial charge in [0.05, 0.1) is 11.1 Å². The van der Waals surface area contributed by atoms with Crippen molar-refractivity contribution < 1.29 is 26.5 Å². The molecule has 0 amide bonds. The normalized spacial score (nSPS) is 11.0. The molecule has 0 unspecified atom stereocenters. The summed E-state index contributed by atoms with van der Waals surface area (Å²) in [7, 11) is 1.64. The molecule has 0 fully saturated rings. The van der Waals surface area contributed by atoms with Crippen LogP contribution in [-0.2, 0) is 7.05 Å². The van der Waals surface area contributed by atoms with Crippen molar-refractivity contribution in [2.24, 2.45) is 7.05 Å². The van der Waals surface area contributed by atoms with Gasteiger partial charge >= 0.3 is 0 Å². The molecule has 0 N–H and O–H groups in total. The molecule has 1 aromatic heterocycles. The van der Waals surface area contributed by atoms with Crippen LogP contribution in [0.2, 0.25) is 0 Å². The van der Waals surface area contributed by atoms with Crippen LogP contribution in [0.1, 0.15) is 5.56 Å². The van der Waals surface area contributed by atoms with Gasteiger partial charge in [-0.05, 0) is 24.6 Å². The van der Waals surface area contributed by atoms with Gasteiger partial charge in [-0.25, -0.2) is 26.5 Å². The Bertz CT molecular complexity index is 953. The minimum atomic E-state index is -2.17. The second-order valence-electron chi connectivity index (χ2n) is 5.67. The lowest BCUT2D eigenvalue weighted by atomic mass is 10.0. The van der Waals surface area contributed by atoms with E-state index in [1.165, 1.54) is 12.3 Å². The zero-order valence-corrected chi connectivity index (χ0v) is 13.4. The fourth-order valence-corrected chi connectivity index (χ4v) is 2.75. The monoisotopic (exact) mass is 350 g/mol. The standard InChI is InChI=1S/C19H13F5N/c1-10-5-3-4-6-12(10)13-8-7-11(9-25(13)2)14-15(20)17(22)19(24)18(23)16(14)21/h3-9H,1-2H3/q+1. The van der Waals surface area contributed by atoms with E-state index < -0.39 is 34.6 Å². The average Bonchev–Trinajstić information content (AvgIpc) is 2.59. The summed E-state index contributed by atoms with van der Waals surface area (Å²) in [5.41, 5.74) is 1.58. The molecule has 1 heterocycles. The zero-order chi connectivity index (χ0) is 18.3. The fourth-order valence-electron chi connectivity index (χ4n) is 2.75. The lowest BCUT2D eigenvalue weighted by Crippen LogP contribution is -2.31. The van der Waals surface area contributed by atoms with Gasteiger partial charge in [0.25, 0.3) is 0 Å². The van der Waals surface area contributed by atoms with E-state index in [0.717, 1.165) is 16.8 Å². The first-order chi connectivity index (χ1) is 11.8. The Morgan fingerprint density at radius 1 is 0.720 bits per heavy atom. The first-order valence-electron chi connectivity index (χ1n) is 7.40. The largest absolute Gasteiger partial charge is 0.212 e. The number of nitrogens with zero attached hydrogens (tertiary/aromatic N) is 1. The van der Waals surface area contributed by atoms with Gasteiger partial charge in [-0.2, -0.15) is 0 Å². The predicted molar refractivity (Wildman–Crippen MR) is 83.0 cm³/mol. The predicted octanol–water partition coefficient (Wildman–Crippen LogP) is 4.85. The fraction of sp³-hybridized carbons (Fsp3) is 0.105. The minimum absolute atomic E-state index is 0.104. The third-order valence-electron chi connectivity index (χ3n) is 4.05. The first kappa shape index (κ1) is 17.1. The molecule has 6 heteroatoms. The molecule has 1 nitrogen and oxygen atoms in total. The van der Waals surface area contributed by atoms with Crippen LogP contribution in [0.5, 0.6) is 0 Å². The van der Waals surface area contributed by atoms with Crippen molar-refractivity contribution >= 4 is 0 Å². The molecule has 0 aliphatic rings. The third-order valence-corrected chi connectivity index (χ3v) is 4.05. The van der Waals surface area contributed by atoms with E-state index in [0.29, 0.717) is 0 Å². The molecule has 0 radical (unpaired) electrons. The second-order valence-corrected chi connectivity index (χ2v) is 5.67. The highest BCUT2D eigenvalue weighted by atomic mass is 19.2. The van der Waals surface area contributed by atoms with Crippen LogP contribution in [-0.4, -0.2) is 0 Å². The van der Waals surface area contributed by atoms with Crippen LogP contribution in [0.25, 0.3) is 22.4 Å². The number of aryl methyl sites for hydroxylation is 2. The van der Waals surface area contributed by atoms with Gasteiger partial charge in [0, 0.05) is 11.6 Å². The number of hydrogen-bond acceptors (Lipinski definition) is 0. The summed E-state index contributed by atoms with van der Waals surface area (Å²) >= 11 is 0. The van der Waals surface area contributed by atoms with Crippen molar-refractivity contribution in [1.29, 1.82) is 0 Å². The summed E-state index contributed by atoms with van der Waals surface area (Å²) in [6, 6.07) is 10.4. The number of halogens is 5. The second kappa shape index (κ2) is 6.27. The number of pyridine rings is 1. The first-order valence-corrected chi connectivity index (χ1v) is 7.40. The zero-order valence-electron chi connectivity index (χ0n) is 13.4. The van der Waals surface area contributed by atoms with Gasteiger partial charge in [-0.1, -0.05) is 18.2 Å². The van der Waals surface area contributed by atoms with Crippen LogP contribution >= 0.6 is 0 Å². The van der Waals surface area contributed by atoms with Crippen molar-refractivity contribution in [3.63, 3.8) is 0 Å². The molecule has 0 saturated carbocycles. The summed E-state index contributed by atoms with van der Waals surface area (Å²) in [6.07, 6.45) is 1.33. The molecule has 3 aromatic rings. The molecular weight excluding hydrogens is 337 g/mol. The number of benzene rings is 2. The maximum atomic E-state index is 14.0. The van der Waals surface area contributed by atoms with Gasteiger partial charge in [0.2, 0.25) is 11.5 Å². The summed E-state index contributed by atoms with van der Waals surface area (Å²) in [4.78, 5) is 0. The molecule has 0 aliphatic heterocycles. The molecule has 0 aliphatic carbocycles. The molecule has 25 heavy (non-hydrogen) atoms. The molecule has 0 spiro atoms. The molecule has 0 saturated heterocycles. The van der Waals surface area contributed by atoms with Gasteiger partial charge in [0.15, 0.2) is 29.5 Å². The lowest BCUT2D eigenvalue weighted by Gasteiger charge is -2.09. The molecule has 128 valence electrons. The van der Waals surface area contributed by atoms with E-state index in [1.54, 1.807) is 17.7 Å². The highest BCUT2D eigenvalue weighted by Crippen LogP contribution is 2.31. The van der Waals surface area contributed by atoms with E-state index in [2.05, 4.69) is 0 Å². The van der Waals surface area contributed by atoms with Crippen molar-refractivity contribution in [3.05, 3.63) is 77.2 Å². The number of aromatic nitrogens is 1. The highest BCUT2D eigenvalue weighted by Gasteiger charge is 2.28. The third kappa shape index (κ3) is 2.77. The Kier molecular flexibility index (Phi) is 4.29. The lowest BCUT2D eigenvalue weighted by molar-refractivity contribution is -0.659. The van der Waals surface area contributed by atoms with Crippen LogP contribution in [0, 0.1) is 36.0 Å². The maximum Gasteiger partial charge on any atom is 0.212 e. The minimum Gasteiger partial charge on any atom is -0.203 e. The van der Waals surface area contributed by atoms with Crippen molar-refractivity contribution in [3.8, 4) is 22.4 Å². The smallest absolute Gasteiger partial charge is 0.203 e. The van der Waals surface area contributed by atoms with Gasteiger partial charge in [-0.3, -0.25) is 0 Å². The van der Waals surface area contributed by atoms with E-state index >= 15 is 0 Å². The van der Waals surface area contributed by atoms with Gasteiger partial charge in [-0.15, -0.1) is 0 Å². The van der Waals surface area contributed by atoms with Crippen LogP contribution in [0.15, 0.2) is 42.6 Å². The van der Waals surface area contributed by atoms with Crippen LogP contribution in [0.4, 0.5) is 22.0 Å². The van der Waals surface area contributed by atoms with E-state index in [4.69, 9.17) is 0 Å². The summed E-state index contributed by atoms with van der Waals surface area (Å²) in [5, 5.41) is 0. The molecule has 2 aromatic carbocycles. The average molecular weight is 350 g/mol. The molecule has 0 atom stereocenters. The Balaban J connectivity index is 2.19. The summed E-state index contributed by atoms with van der Waals surface area (Å²) in [6.45, 7) is 1.91. The van der Waals surface area contributed by atoms with E-state index in [1.807, 2.05) is 31.2 Å². The van der Waals surface area contributed by atoms with Crippen molar-refractivity contribution in [2.75, 3.05) is 0 Å². The summed E-state index contributed by atoms with van der Waals surface area (Å²) < 4.78 is 69.6. The van der Waals surface area contributed by atoms with E-state index in [-0.39, 0.29) is 5.56 Å². The molecule has 3 rings (SSSR count). The van der Waals surface area contributed by atoms with Crippen molar-refractivity contribution in [1.82, 2.24) is 0 Å². The Morgan fingerprint density at radius 3 is 1.84 bits per heavy atom. The Hall–Kier alpha value is -2.76. The van der Waals surface area contributed by atoms with Crippen LogP contribution < -0.4 is 4.57 Å². The molecular formula is C19H13F5N+.